The lowest BCUT2D eigenvalue weighted by Gasteiger charge is -2.19. The largest absolute Gasteiger partial charge is 0.311 e. The van der Waals surface area contributed by atoms with Crippen molar-refractivity contribution >= 4 is 11.5 Å². The molecule has 1 rings (SSSR count). The van der Waals surface area contributed by atoms with Crippen molar-refractivity contribution in [3.8, 4) is 0 Å². The fourth-order valence-electron chi connectivity index (χ4n) is 0.973. The van der Waals surface area contributed by atoms with Gasteiger partial charge in [0.2, 0.25) is 0 Å². The molecule has 3 heteroatoms. The topological polar surface area (TPSA) is 32.3 Å². The van der Waals surface area contributed by atoms with E-state index in [0.29, 0.717) is 6.54 Å². The van der Waals surface area contributed by atoms with Crippen molar-refractivity contribution in [2.24, 2.45) is 0 Å². The lowest BCUT2D eigenvalue weighted by Crippen LogP contribution is -2.37. The van der Waals surface area contributed by atoms with Crippen LogP contribution < -0.4 is 10.4 Å². The van der Waals surface area contributed by atoms with E-state index in [1.807, 2.05) is 42.4 Å². The Morgan fingerprint density at radius 3 is 2.54 bits per heavy atom. The van der Waals surface area contributed by atoms with E-state index in [2.05, 4.69) is 5.43 Å². The van der Waals surface area contributed by atoms with E-state index in [4.69, 9.17) is 0 Å². The van der Waals surface area contributed by atoms with Crippen LogP contribution in [0, 0.1) is 0 Å². The number of Topliss-reactive ketones (excluding diaryl/α,β-unsaturated/α-hetero) is 1. The molecule has 0 unspecified atom stereocenters. The van der Waals surface area contributed by atoms with Gasteiger partial charge in [0.1, 0.15) is 5.78 Å². The molecule has 0 bridgehead atoms. The number of hydrogen-bond donors (Lipinski definition) is 1. The molecule has 1 N–H and O–H groups in total. The predicted molar refractivity (Wildman–Crippen MR) is 53.5 cm³/mol. The maximum absolute atomic E-state index is 10.7. The molecule has 70 valence electrons. The number of anilines is 1. The second-order valence-corrected chi connectivity index (χ2v) is 2.93. The fourth-order valence-corrected chi connectivity index (χ4v) is 0.973. The number of carbonyl (C=O) groups is 1. The third-order valence-corrected chi connectivity index (χ3v) is 1.71. The quantitative estimate of drug-likeness (QED) is 0.703. The Kier molecular flexibility index (Phi) is 3.46. The molecule has 1 aromatic carbocycles. The van der Waals surface area contributed by atoms with E-state index in [0.717, 1.165) is 5.69 Å². The molecule has 0 saturated carbocycles. The van der Waals surface area contributed by atoms with Gasteiger partial charge in [0.05, 0.1) is 12.2 Å². The fraction of sp³-hybridized carbons (Fsp3) is 0.300. The Hall–Kier alpha value is -1.35. The second-order valence-electron chi connectivity index (χ2n) is 2.93. The highest BCUT2D eigenvalue weighted by Gasteiger charge is 1.98. The minimum atomic E-state index is 0.128. The van der Waals surface area contributed by atoms with E-state index in [-0.39, 0.29) is 5.78 Å². The first kappa shape index (κ1) is 9.74. The first-order valence-corrected chi connectivity index (χ1v) is 4.22. The van der Waals surface area contributed by atoms with Crippen LogP contribution in [0.5, 0.6) is 0 Å². The van der Waals surface area contributed by atoms with Crippen LogP contribution in [-0.2, 0) is 4.79 Å². The average Bonchev–Trinajstić information content (AvgIpc) is 2.15. The minimum Gasteiger partial charge on any atom is -0.311 e. The molecule has 0 atom stereocenters. The summed E-state index contributed by atoms with van der Waals surface area (Å²) >= 11 is 0. The smallest absolute Gasteiger partial charge is 0.145 e. The van der Waals surface area contributed by atoms with Gasteiger partial charge in [0, 0.05) is 7.05 Å². The van der Waals surface area contributed by atoms with Crippen molar-refractivity contribution in [2.45, 2.75) is 6.92 Å². The number of benzene rings is 1. The predicted octanol–water partition coefficient (Wildman–Crippen LogP) is 1.22. The van der Waals surface area contributed by atoms with Crippen LogP contribution in [0.1, 0.15) is 6.92 Å². The van der Waals surface area contributed by atoms with Crippen LogP contribution in [-0.4, -0.2) is 19.4 Å². The van der Waals surface area contributed by atoms with Gasteiger partial charge in [0.15, 0.2) is 0 Å². The first-order chi connectivity index (χ1) is 6.20. The average molecular weight is 178 g/mol. The van der Waals surface area contributed by atoms with Crippen LogP contribution in [0.4, 0.5) is 5.69 Å². The van der Waals surface area contributed by atoms with Gasteiger partial charge >= 0.3 is 0 Å². The molecular weight excluding hydrogens is 164 g/mol. The number of hydrogen-bond acceptors (Lipinski definition) is 3. The minimum absolute atomic E-state index is 0.128. The zero-order valence-electron chi connectivity index (χ0n) is 7.95. The van der Waals surface area contributed by atoms with Gasteiger partial charge in [-0.15, -0.1) is 0 Å². The van der Waals surface area contributed by atoms with E-state index in [1.165, 1.54) is 0 Å². The number of para-hydroxylation sites is 1. The standard InChI is InChI=1S/C10H14N2O/c1-9(13)8-11-12(2)10-6-4-3-5-7-10/h3-7,11H,8H2,1-2H3. The van der Waals surface area contributed by atoms with Crippen molar-refractivity contribution in [1.29, 1.82) is 0 Å². The molecule has 3 nitrogen and oxygen atoms in total. The van der Waals surface area contributed by atoms with Crippen LogP contribution >= 0.6 is 0 Å². The Bertz CT molecular complexity index is 272. The summed E-state index contributed by atoms with van der Waals surface area (Å²) in [6.45, 7) is 1.93. The molecular formula is C10H14N2O. The van der Waals surface area contributed by atoms with Gasteiger partial charge < -0.3 is 5.01 Å². The number of rotatable bonds is 4. The molecule has 0 spiro atoms. The Balaban J connectivity index is 2.49. The zero-order chi connectivity index (χ0) is 9.68. The number of nitrogens with zero attached hydrogens (tertiary/aromatic N) is 1. The molecule has 0 amide bonds. The zero-order valence-corrected chi connectivity index (χ0v) is 7.95. The van der Waals surface area contributed by atoms with Gasteiger partial charge in [-0.3, -0.25) is 4.79 Å². The number of nitrogens with one attached hydrogen (secondary N) is 1. The third-order valence-electron chi connectivity index (χ3n) is 1.71. The Morgan fingerprint density at radius 1 is 1.38 bits per heavy atom. The monoisotopic (exact) mass is 178 g/mol. The first-order valence-electron chi connectivity index (χ1n) is 4.22. The summed E-state index contributed by atoms with van der Waals surface area (Å²) in [5, 5.41) is 1.83. The Morgan fingerprint density at radius 2 is 2.00 bits per heavy atom. The molecule has 0 saturated heterocycles. The highest BCUT2D eigenvalue weighted by molar-refractivity contribution is 5.77. The summed E-state index contributed by atoms with van der Waals surface area (Å²) in [6, 6.07) is 9.84. The lowest BCUT2D eigenvalue weighted by molar-refractivity contribution is -0.116. The summed E-state index contributed by atoms with van der Waals surface area (Å²) < 4.78 is 0. The van der Waals surface area contributed by atoms with Crippen molar-refractivity contribution in [1.82, 2.24) is 5.43 Å². The summed E-state index contributed by atoms with van der Waals surface area (Å²) in [5.74, 6) is 0.128. The molecule has 1 aromatic rings. The van der Waals surface area contributed by atoms with E-state index in [1.54, 1.807) is 6.92 Å². The number of hydrazine groups is 1. The van der Waals surface area contributed by atoms with Crippen molar-refractivity contribution < 1.29 is 4.79 Å². The SMILES string of the molecule is CC(=O)CNN(C)c1ccccc1. The van der Waals surface area contributed by atoms with Gasteiger partial charge in [-0.2, -0.15) is 0 Å². The van der Waals surface area contributed by atoms with Gasteiger partial charge in [-0.1, -0.05) is 18.2 Å². The highest BCUT2D eigenvalue weighted by Crippen LogP contribution is 2.07. The number of carbonyl (C=O) groups excluding carboxylic acids is 1. The summed E-state index contributed by atoms with van der Waals surface area (Å²) in [4.78, 5) is 10.7. The highest BCUT2D eigenvalue weighted by atomic mass is 16.1. The molecule has 0 aliphatic carbocycles. The molecule has 0 fully saturated rings. The van der Waals surface area contributed by atoms with E-state index < -0.39 is 0 Å². The summed E-state index contributed by atoms with van der Waals surface area (Å²) in [5.41, 5.74) is 4.03. The molecule has 0 aromatic heterocycles. The maximum atomic E-state index is 10.7. The van der Waals surface area contributed by atoms with Crippen LogP contribution in [0.2, 0.25) is 0 Å². The normalized spacial score (nSPS) is 9.69. The van der Waals surface area contributed by atoms with Crippen molar-refractivity contribution in [3.05, 3.63) is 30.3 Å². The molecule has 0 aliphatic heterocycles. The van der Waals surface area contributed by atoms with Crippen LogP contribution in [0.3, 0.4) is 0 Å². The van der Waals surface area contributed by atoms with E-state index in [9.17, 15) is 4.79 Å². The number of ketones is 1. The lowest BCUT2D eigenvalue weighted by atomic mass is 10.3. The Labute approximate surface area is 78.3 Å². The molecule has 13 heavy (non-hydrogen) atoms. The molecule has 0 radical (unpaired) electrons. The van der Waals surface area contributed by atoms with E-state index >= 15 is 0 Å². The maximum Gasteiger partial charge on any atom is 0.145 e. The van der Waals surface area contributed by atoms with Crippen LogP contribution in [0.15, 0.2) is 30.3 Å². The summed E-state index contributed by atoms with van der Waals surface area (Å²) in [7, 11) is 1.89. The van der Waals surface area contributed by atoms with Gasteiger partial charge in [-0.25, -0.2) is 5.43 Å². The molecule has 0 aliphatic rings. The second kappa shape index (κ2) is 4.62. The van der Waals surface area contributed by atoms with Gasteiger partial charge in [-0.05, 0) is 19.1 Å². The van der Waals surface area contributed by atoms with Crippen molar-refractivity contribution in [3.63, 3.8) is 0 Å². The van der Waals surface area contributed by atoms with Crippen LogP contribution in [0.25, 0.3) is 0 Å². The summed E-state index contributed by atoms with van der Waals surface area (Å²) in [6.07, 6.45) is 0. The third kappa shape index (κ3) is 3.25. The van der Waals surface area contributed by atoms with Gasteiger partial charge in [0.25, 0.3) is 0 Å². The molecule has 0 heterocycles. The van der Waals surface area contributed by atoms with Crippen molar-refractivity contribution in [2.75, 3.05) is 18.6 Å².